The molecule has 0 atom stereocenters. The zero-order chi connectivity index (χ0) is 19.9. The van der Waals surface area contributed by atoms with E-state index in [0.29, 0.717) is 11.3 Å². The highest BCUT2D eigenvalue weighted by Gasteiger charge is 2.38. The molecule has 0 unspecified atom stereocenters. The maximum absolute atomic E-state index is 7.97. The van der Waals surface area contributed by atoms with E-state index < -0.39 is 12.5 Å². The van der Waals surface area contributed by atoms with E-state index in [1.807, 2.05) is 57.6 Å². The van der Waals surface area contributed by atoms with E-state index in [2.05, 4.69) is 18.4 Å². The second-order valence-electron chi connectivity index (χ2n) is 7.14. The Morgan fingerprint density at radius 1 is 1.17 bits per heavy atom. The minimum Gasteiger partial charge on any atom is -0.360 e. The molecule has 0 saturated carbocycles. The Hall–Kier alpha value is -1.61. The van der Waals surface area contributed by atoms with Crippen molar-refractivity contribution in [2.45, 2.75) is 73.1 Å². The average molecular weight is 318 g/mol. The van der Waals surface area contributed by atoms with E-state index in [9.17, 15) is 0 Å². The van der Waals surface area contributed by atoms with Crippen LogP contribution in [0.5, 0.6) is 0 Å². The van der Waals surface area contributed by atoms with Gasteiger partial charge in [-0.3, -0.25) is 0 Å². The van der Waals surface area contributed by atoms with Crippen LogP contribution in [-0.4, -0.2) is 10.7 Å². The summed E-state index contributed by atoms with van der Waals surface area (Å²) in [5.41, 5.74) is 1.40. The van der Waals surface area contributed by atoms with Crippen LogP contribution < -0.4 is 4.57 Å². The Labute approximate surface area is 145 Å². The first-order chi connectivity index (χ1) is 11.9. The minimum atomic E-state index is -2.19. The molecule has 23 heavy (non-hydrogen) atoms. The van der Waals surface area contributed by atoms with Gasteiger partial charge in [0.15, 0.2) is 5.60 Å². The van der Waals surface area contributed by atoms with Gasteiger partial charge in [-0.1, -0.05) is 18.2 Å². The standard InChI is InChI=1S/C20H31N2O/c1-14(2)21-12-13-22(18-16(5)10-9-11-17(18)6)19(21)20(7,8)23-15(3)4/h9-15H,1-8H3/q+1/i5D3. The van der Waals surface area contributed by atoms with Gasteiger partial charge in [0.2, 0.25) is 0 Å². The fourth-order valence-electron chi connectivity index (χ4n) is 3.22. The van der Waals surface area contributed by atoms with Crippen LogP contribution in [0.3, 0.4) is 0 Å². The summed E-state index contributed by atoms with van der Waals surface area (Å²) in [4.78, 5) is 0. The normalized spacial score (nSPS) is 14.9. The Morgan fingerprint density at radius 2 is 1.83 bits per heavy atom. The lowest BCUT2D eigenvalue weighted by Crippen LogP contribution is -2.47. The number of imidazole rings is 1. The highest BCUT2D eigenvalue weighted by molar-refractivity contribution is 5.47. The first kappa shape index (κ1) is 13.8. The predicted octanol–water partition coefficient (Wildman–Crippen LogP) is 4.62. The Balaban J connectivity index is 2.82. The molecule has 0 aliphatic carbocycles. The molecule has 0 N–H and O–H groups in total. The maximum Gasteiger partial charge on any atom is 0.294 e. The highest BCUT2D eigenvalue weighted by atomic mass is 16.5. The van der Waals surface area contributed by atoms with Crippen LogP contribution in [0.15, 0.2) is 30.6 Å². The molecule has 0 saturated heterocycles. The van der Waals surface area contributed by atoms with Crippen LogP contribution in [0, 0.1) is 13.8 Å². The van der Waals surface area contributed by atoms with Gasteiger partial charge in [0.05, 0.1) is 12.1 Å². The molecule has 0 radical (unpaired) electrons. The highest BCUT2D eigenvalue weighted by Crippen LogP contribution is 2.29. The van der Waals surface area contributed by atoms with Crippen LogP contribution >= 0.6 is 0 Å². The van der Waals surface area contributed by atoms with E-state index in [-0.39, 0.29) is 12.1 Å². The van der Waals surface area contributed by atoms with Crippen LogP contribution in [0.25, 0.3) is 5.69 Å². The summed E-state index contributed by atoms with van der Waals surface area (Å²) in [6.45, 7) is 12.1. The number of benzene rings is 1. The molecule has 0 aliphatic heterocycles. The second-order valence-corrected chi connectivity index (χ2v) is 7.14. The zero-order valence-corrected chi connectivity index (χ0v) is 15.3. The number of ether oxygens (including phenoxy) is 1. The van der Waals surface area contributed by atoms with Crippen molar-refractivity contribution in [3.05, 3.63) is 47.5 Å². The first-order valence-corrected chi connectivity index (χ1v) is 8.27. The van der Waals surface area contributed by atoms with Crippen molar-refractivity contribution < 1.29 is 13.4 Å². The number of nitrogens with zero attached hydrogens (tertiary/aromatic N) is 2. The van der Waals surface area contributed by atoms with Gasteiger partial charge in [-0.2, -0.15) is 4.57 Å². The maximum atomic E-state index is 7.97. The fourth-order valence-corrected chi connectivity index (χ4v) is 3.22. The lowest BCUT2D eigenvalue weighted by Gasteiger charge is -2.27. The fraction of sp³-hybridized carbons (Fsp3) is 0.550. The van der Waals surface area contributed by atoms with Crippen LogP contribution in [0.4, 0.5) is 0 Å². The first-order valence-electron chi connectivity index (χ1n) is 9.77. The molecule has 0 aliphatic rings. The number of rotatable bonds is 5. The summed E-state index contributed by atoms with van der Waals surface area (Å²) in [7, 11) is 0. The van der Waals surface area contributed by atoms with E-state index in [0.717, 1.165) is 11.4 Å². The van der Waals surface area contributed by atoms with E-state index in [1.54, 1.807) is 12.1 Å². The molecule has 126 valence electrons. The minimum absolute atomic E-state index is 0.0490. The number of hydrogen-bond acceptors (Lipinski definition) is 1. The SMILES string of the molecule is [2H]C([2H])([2H])c1cccc(C)c1-n1cc[n+](C(C)C)c1C(C)(C)OC(C)C. The topological polar surface area (TPSA) is 18.0 Å². The van der Waals surface area contributed by atoms with Crippen molar-refractivity contribution in [1.82, 2.24) is 4.57 Å². The monoisotopic (exact) mass is 318 g/mol. The van der Waals surface area contributed by atoms with Gasteiger partial charge in [0.25, 0.3) is 5.82 Å². The molecule has 3 nitrogen and oxygen atoms in total. The van der Waals surface area contributed by atoms with Crippen molar-refractivity contribution in [3.63, 3.8) is 0 Å². The second kappa shape index (κ2) is 6.48. The molecule has 0 amide bonds. The van der Waals surface area contributed by atoms with Gasteiger partial charge >= 0.3 is 0 Å². The number of para-hydroxylation sites is 1. The predicted molar refractivity (Wildman–Crippen MR) is 95.1 cm³/mol. The molecule has 2 rings (SSSR count). The van der Waals surface area contributed by atoms with Crippen LogP contribution in [0.2, 0.25) is 0 Å². The molecule has 0 spiro atoms. The number of aromatic nitrogens is 2. The third-order valence-electron chi connectivity index (χ3n) is 3.95. The lowest BCUT2D eigenvalue weighted by molar-refractivity contribution is -0.728. The van der Waals surface area contributed by atoms with Gasteiger partial charge in [-0.05, 0) is 66.4 Å². The lowest BCUT2D eigenvalue weighted by atomic mass is 10.0. The van der Waals surface area contributed by atoms with Crippen LogP contribution in [0.1, 0.15) is 68.6 Å². The quantitative estimate of drug-likeness (QED) is 0.736. The third kappa shape index (κ3) is 3.50. The molecule has 1 aromatic heterocycles. The Kier molecular flexibility index (Phi) is 3.89. The van der Waals surface area contributed by atoms with Crippen molar-refractivity contribution in [2.75, 3.05) is 0 Å². The Bertz CT molecular complexity index is 774. The smallest absolute Gasteiger partial charge is 0.294 e. The molecule has 1 heterocycles. The van der Waals surface area contributed by atoms with Crippen LogP contribution in [-0.2, 0) is 10.3 Å². The van der Waals surface area contributed by atoms with Gasteiger partial charge in [0, 0.05) is 4.11 Å². The summed E-state index contributed by atoms with van der Waals surface area (Å²) in [6, 6.07) is 5.66. The van der Waals surface area contributed by atoms with Gasteiger partial charge in [-0.25, -0.2) is 4.57 Å². The third-order valence-corrected chi connectivity index (χ3v) is 3.95. The van der Waals surface area contributed by atoms with E-state index in [4.69, 9.17) is 8.85 Å². The summed E-state index contributed by atoms with van der Waals surface area (Å²) in [5, 5.41) is 0. The van der Waals surface area contributed by atoms with Gasteiger partial charge in [0.1, 0.15) is 18.1 Å². The molecule has 0 fully saturated rings. The number of aryl methyl sites for hydroxylation is 2. The number of hydrogen-bond donors (Lipinski definition) is 0. The molecule has 0 bridgehead atoms. The molecule has 3 heteroatoms. The van der Waals surface area contributed by atoms with Crippen molar-refractivity contribution in [3.8, 4) is 5.69 Å². The summed E-state index contributed by atoms with van der Waals surface area (Å²) >= 11 is 0. The summed E-state index contributed by atoms with van der Waals surface area (Å²) < 4.78 is 34.3. The van der Waals surface area contributed by atoms with E-state index in [1.165, 1.54) is 0 Å². The van der Waals surface area contributed by atoms with Gasteiger partial charge < -0.3 is 4.74 Å². The van der Waals surface area contributed by atoms with Crippen molar-refractivity contribution >= 4 is 0 Å². The Morgan fingerprint density at radius 3 is 2.39 bits per heavy atom. The zero-order valence-electron chi connectivity index (χ0n) is 18.3. The molecule has 1 aromatic carbocycles. The largest absolute Gasteiger partial charge is 0.360 e. The van der Waals surface area contributed by atoms with E-state index >= 15 is 0 Å². The van der Waals surface area contributed by atoms with Crippen molar-refractivity contribution in [1.29, 1.82) is 0 Å². The summed E-state index contributed by atoms with van der Waals surface area (Å²) in [6.07, 6.45) is 3.99. The molecular weight excluding hydrogens is 284 g/mol. The molecular formula is C20H31N2O+. The summed E-state index contributed by atoms with van der Waals surface area (Å²) in [5.74, 6) is 0.931. The van der Waals surface area contributed by atoms with Crippen molar-refractivity contribution in [2.24, 2.45) is 0 Å². The average Bonchev–Trinajstić information content (AvgIpc) is 2.90. The van der Waals surface area contributed by atoms with Gasteiger partial charge in [-0.15, -0.1) is 0 Å². The molecule has 2 aromatic rings.